The van der Waals surface area contributed by atoms with Gasteiger partial charge >= 0.3 is 0 Å². The van der Waals surface area contributed by atoms with Crippen LogP contribution in [0.1, 0.15) is 6.42 Å². The van der Waals surface area contributed by atoms with Gasteiger partial charge in [0.05, 0.1) is 5.92 Å². The van der Waals surface area contributed by atoms with Crippen LogP contribution in [0.5, 0.6) is 0 Å². The fraction of sp³-hybridized carbons (Fsp3) is 0.400. The van der Waals surface area contributed by atoms with Crippen LogP contribution in [0.2, 0.25) is 0 Å². The minimum atomic E-state index is -0.368. The van der Waals surface area contributed by atoms with Crippen LogP contribution in [-0.4, -0.2) is 17.2 Å². The first-order chi connectivity index (χ1) is 4.24. The van der Waals surface area contributed by atoms with Crippen LogP contribution in [0.3, 0.4) is 0 Å². The Hall–Kier alpha value is -0.770. The van der Waals surface area contributed by atoms with Crippen LogP contribution < -0.4 is 5.32 Å². The van der Waals surface area contributed by atoms with Gasteiger partial charge in [0.2, 0.25) is 11.8 Å². The second-order valence-electron chi connectivity index (χ2n) is 1.86. The van der Waals surface area contributed by atoms with Crippen LogP contribution in [0.25, 0.3) is 0 Å². The van der Waals surface area contributed by atoms with Gasteiger partial charge in [0, 0.05) is 6.42 Å². The highest BCUT2D eigenvalue weighted by molar-refractivity contribution is 7.79. The van der Waals surface area contributed by atoms with Crippen LogP contribution in [0, 0.1) is 5.92 Å². The molecule has 9 heavy (non-hydrogen) atoms. The minimum absolute atomic E-state index is 0.225. The Morgan fingerprint density at radius 2 is 2.33 bits per heavy atom. The van der Waals surface area contributed by atoms with E-state index in [-0.39, 0.29) is 24.2 Å². The molecule has 2 amide bonds. The van der Waals surface area contributed by atoms with Crippen molar-refractivity contribution in [2.24, 2.45) is 5.92 Å². The summed E-state index contributed by atoms with van der Waals surface area (Å²) in [6, 6.07) is 0. The van der Waals surface area contributed by atoms with Crippen LogP contribution in [0.15, 0.2) is 0 Å². The summed E-state index contributed by atoms with van der Waals surface area (Å²) in [4.78, 5) is 21.0. The molecule has 0 radical (unpaired) electrons. The molecule has 1 fully saturated rings. The second kappa shape index (κ2) is 2.23. The molecule has 0 aromatic rings. The van der Waals surface area contributed by atoms with Crippen molar-refractivity contribution < 1.29 is 9.59 Å². The summed E-state index contributed by atoms with van der Waals surface area (Å²) < 4.78 is 0. The SMILES string of the molecule is O=C1CC(C=S)C(=O)N1. The average Bonchev–Trinajstić information content (AvgIpc) is 2.10. The Kier molecular flexibility index (Phi) is 1.57. The first-order valence-corrected chi connectivity index (χ1v) is 3.00. The molecule has 1 heterocycles. The molecular formula is C5H5NO2S. The number of nitrogens with one attached hydrogen (secondary N) is 1. The maximum absolute atomic E-state index is 10.6. The molecule has 1 aliphatic heterocycles. The monoisotopic (exact) mass is 143 g/mol. The molecule has 1 saturated heterocycles. The van der Waals surface area contributed by atoms with Crippen molar-refractivity contribution in [1.29, 1.82) is 0 Å². The number of carbonyl (C=O) groups excluding carboxylic acids is 2. The number of thiocarbonyl (C=S) groups is 1. The zero-order valence-corrected chi connectivity index (χ0v) is 5.40. The molecule has 0 saturated carbocycles. The smallest absolute Gasteiger partial charge is 0.234 e. The van der Waals surface area contributed by atoms with Crippen LogP contribution >= 0.6 is 12.2 Å². The fourth-order valence-electron chi connectivity index (χ4n) is 0.683. The molecule has 1 unspecified atom stereocenters. The summed E-state index contributed by atoms with van der Waals surface area (Å²) >= 11 is 4.50. The quantitative estimate of drug-likeness (QED) is 0.403. The van der Waals surface area contributed by atoms with E-state index >= 15 is 0 Å². The molecule has 1 aliphatic rings. The third-order valence-corrected chi connectivity index (χ3v) is 1.50. The normalized spacial score (nSPS) is 26.0. The summed E-state index contributed by atoms with van der Waals surface area (Å²) in [7, 11) is 0. The van der Waals surface area contributed by atoms with E-state index in [1.165, 1.54) is 5.37 Å². The maximum Gasteiger partial charge on any atom is 0.234 e. The lowest BCUT2D eigenvalue weighted by atomic mass is 10.1. The molecule has 0 spiro atoms. The Bertz CT molecular complexity index is 178. The largest absolute Gasteiger partial charge is 0.296 e. The zero-order valence-electron chi connectivity index (χ0n) is 4.59. The molecule has 1 rings (SSSR count). The Balaban J connectivity index is 2.68. The van der Waals surface area contributed by atoms with E-state index in [2.05, 4.69) is 17.5 Å². The predicted molar refractivity (Wildman–Crippen MR) is 34.9 cm³/mol. The highest BCUT2D eigenvalue weighted by atomic mass is 32.1. The highest BCUT2D eigenvalue weighted by Gasteiger charge is 2.27. The number of rotatable bonds is 1. The van der Waals surface area contributed by atoms with E-state index in [0.717, 1.165) is 0 Å². The average molecular weight is 143 g/mol. The Labute approximate surface area is 57.4 Å². The van der Waals surface area contributed by atoms with Crippen LogP contribution in [-0.2, 0) is 9.59 Å². The molecule has 4 heteroatoms. The molecule has 0 aliphatic carbocycles. The molecule has 0 aromatic carbocycles. The third kappa shape index (κ3) is 1.13. The van der Waals surface area contributed by atoms with Crippen LogP contribution in [0.4, 0.5) is 0 Å². The standard InChI is InChI=1S/C5H5NO2S/c7-4-1-3(2-9)5(8)6-4/h2-3H,1H2,(H,6,7,8). The Morgan fingerprint density at radius 3 is 2.56 bits per heavy atom. The first kappa shape index (κ1) is 6.35. The van der Waals surface area contributed by atoms with Crippen molar-refractivity contribution >= 4 is 29.4 Å². The zero-order chi connectivity index (χ0) is 6.85. The van der Waals surface area contributed by atoms with Crippen molar-refractivity contribution in [3.8, 4) is 0 Å². The minimum Gasteiger partial charge on any atom is -0.296 e. The van der Waals surface area contributed by atoms with Crippen molar-refractivity contribution in [2.75, 3.05) is 0 Å². The number of imide groups is 1. The van der Waals surface area contributed by atoms with E-state index in [4.69, 9.17) is 0 Å². The van der Waals surface area contributed by atoms with Gasteiger partial charge in [-0.25, -0.2) is 0 Å². The second-order valence-corrected chi connectivity index (χ2v) is 2.13. The van der Waals surface area contributed by atoms with Crippen molar-refractivity contribution in [1.82, 2.24) is 5.32 Å². The van der Waals surface area contributed by atoms with Gasteiger partial charge in [0.1, 0.15) is 0 Å². The summed E-state index contributed by atoms with van der Waals surface area (Å²) in [6.07, 6.45) is 0.225. The Morgan fingerprint density at radius 1 is 1.67 bits per heavy atom. The van der Waals surface area contributed by atoms with E-state index in [0.29, 0.717) is 0 Å². The first-order valence-electron chi connectivity index (χ1n) is 2.53. The summed E-state index contributed by atoms with van der Waals surface area (Å²) in [5.41, 5.74) is 0. The number of hydrogen-bond acceptors (Lipinski definition) is 3. The number of hydrogen-bond donors (Lipinski definition) is 1. The van der Waals surface area contributed by atoms with E-state index < -0.39 is 0 Å². The summed E-state index contributed by atoms with van der Waals surface area (Å²) in [5, 5.41) is 3.46. The highest BCUT2D eigenvalue weighted by Crippen LogP contribution is 2.06. The van der Waals surface area contributed by atoms with Gasteiger partial charge in [-0.1, -0.05) is 12.2 Å². The number of carbonyl (C=O) groups is 2. The molecule has 1 atom stereocenters. The van der Waals surface area contributed by atoms with Gasteiger partial charge in [-0.2, -0.15) is 0 Å². The molecule has 48 valence electrons. The van der Waals surface area contributed by atoms with Gasteiger partial charge in [-0.05, 0) is 5.37 Å². The topological polar surface area (TPSA) is 46.2 Å². The maximum atomic E-state index is 10.6. The van der Waals surface area contributed by atoms with E-state index in [1.807, 2.05) is 0 Å². The van der Waals surface area contributed by atoms with Gasteiger partial charge in [-0.15, -0.1) is 0 Å². The lowest BCUT2D eigenvalue weighted by Gasteiger charge is -1.90. The lowest BCUT2D eigenvalue weighted by molar-refractivity contribution is -0.125. The lowest BCUT2D eigenvalue weighted by Crippen LogP contribution is -2.22. The van der Waals surface area contributed by atoms with Gasteiger partial charge in [0.25, 0.3) is 0 Å². The van der Waals surface area contributed by atoms with Crippen molar-refractivity contribution in [3.63, 3.8) is 0 Å². The summed E-state index contributed by atoms with van der Waals surface area (Å²) in [6.45, 7) is 0. The van der Waals surface area contributed by atoms with Gasteiger partial charge in [0.15, 0.2) is 0 Å². The van der Waals surface area contributed by atoms with E-state index in [9.17, 15) is 9.59 Å². The number of amides is 2. The van der Waals surface area contributed by atoms with E-state index in [1.54, 1.807) is 0 Å². The molecule has 0 bridgehead atoms. The van der Waals surface area contributed by atoms with Gasteiger partial charge < -0.3 is 0 Å². The molecule has 3 nitrogen and oxygen atoms in total. The third-order valence-electron chi connectivity index (χ3n) is 1.17. The summed E-state index contributed by atoms with van der Waals surface area (Å²) in [5.74, 6) is -0.867. The predicted octanol–water partition coefficient (Wildman–Crippen LogP) is -0.351. The van der Waals surface area contributed by atoms with Crippen molar-refractivity contribution in [3.05, 3.63) is 0 Å². The van der Waals surface area contributed by atoms with Crippen molar-refractivity contribution in [2.45, 2.75) is 6.42 Å². The fourth-order valence-corrected chi connectivity index (χ4v) is 0.903. The molecule has 1 N–H and O–H groups in total. The molecule has 0 aromatic heterocycles. The molecular weight excluding hydrogens is 138 g/mol. The van der Waals surface area contributed by atoms with Gasteiger partial charge in [-0.3, -0.25) is 14.9 Å².